The Morgan fingerprint density at radius 3 is 2.85 bits per heavy atom. The van der Waals surface area contributed by atoms with Crippen LogP contribution in [0, 0.1) is 13.8 Å². The fraction of sp³-hybridized carbons (Fsp3) is 0.250. The molecule has 20 heavy (non-hydrogen) atoms. The highest BCUT2D eigenvalue weighted by molar-refractivity contribution is 6.32. The highest BCUT2D eigenvalue weighted by Crippen LogP contribution is 2.27. The van der Waals surface area contributed by atoms with Gasteiger partial charge in [0.15, 0.2) is 0 Å². The fourth-order valence-corrected chi connectivity index (χ4v) is 2.20. The number of benzene rings is 1. The van der Waals surface area contributed by atoms with Crippen LogP contribution < -0.4 is 0 Å². The number of esters is 1. The summed E-state index contributed by atoms with van der Waals surface area (Å²) >= 11 is 6.13. The molecule has 0 aliphatic carbocycles. The molecule has 0 N–H and O–H groups in total. The molecule has 4 heteroatoms. The second-order valence-corrected chi connectivity index (χ2v) is 4.91. The standard InChI is InChI=1S/C16H16ClNO2/c1-4-20-15(19)8-5-12-9-10(2)18-16-11(3)14(17)7-6-13(12)16/h5-9H,4H2,1-3H3/b8-5+. The lowest BCUT2D eigenvalue weighted by atomic mass is 10.0. The minimum atomic E-state index is -0.346. The molecule has 1 aromatic carbocycles. The van der Waals surface area contributed by atoms with E-state index < -0.39 is 0 Å². The minimum Gasteiger partial charge on any atom is -0.463 e. The summed E-state index contributed by atoms with van der Waals surface area (Å²) in [6.07, 6.45) is 3.18. The van der Waals surface area contributed by atoms with Crippen molar-refractivity contribution >= 4 is 34.5 Å². The summed E-state index contributed by atoms with van der Waals surface area (Å²) in [5.74, 6) is -0.346. The van der Waals surface area contributed by atoms with Gasteiger partial charge in [0, 0.05) is 22.2 Å². The topological polar surface area (TPSA) is 39.2 Å². The monoisotopic (exact) mass is 289 g/mol. The Balaban J connectivity index is 2.53. The van der Waals surface area contributed by atoms with Gasteiger partial charge in [-0.15, -0.1) is 0 Å². The number of fused-ring (bicyclic) bond motifs is 1. The molecule has 0 fully saturated rings. The smallest absolute Gasteiger partial charge is 0.330 e. The molecule has 2 aromatic rings. The van der Waals surface area contributed by atoms with Crippen molar-refractivity contribution in [3.05, 3.63) is 46.1 Å². The zero-order valence-corrected chi connectivity index (χ0v) is 12.5. The predicted molar refractivity (Wildman–Crippen MR) is 81.9 cm³/mol. The maximum Gasteiger partial charge on any atom is 0.330 e. The van der Waals surface area contributed by atoms with Gasteiger partial charge in [0.05, 0.1) is 12.1 Å². The number of aromatic nitrogens is 1. The molecule has 0 atom stereocenters. The molecule has 3 nitrogen and oxygen atoms in total. The summed E-state index contributed by atoms with van der Waals surface area (Å²) in [6.45, 7) is 6.01. The molecule has 0 amide bonds. The van der Waals surface area contributed by atoms with Gasteiger partial charge in [0.25, 0.3) is 0 Å². The molecule has 0 radical (unpaired) electrons. The van der Waals surface area contributed by atoms with Crippen LogP contribution in [0.15, 0.2) is 24.3 Å². The molecule has 0 aliphatic heterocycles. The van der Waals surface area contributed by atoms with Crippen molar-refractivity contribution in [3.63, 3.8) is 0 Å². The summed E-state index contributed by atoms with van der Waals surface area (Å²) in [5.41, 5.74) is 3.62. The van der Waals surface area contributed by atoms with E-state index in [4.69, 9.17) is 16.3 Å². The molecule has 0 unspecified atom stereocenters. The molecule has 2 rings (SSSR count). The third kappa shape index (κ3) is 2.99. The van der Waals surface area contributed by atoms with Crippen molar-refractivity contribution in [2.24, 2.45) is 0 Å². The van der Waals surface area contributed by atoms with E-state index in [9.17, 15) is 4.79 Å². The Bertz CT molecular complexity index is 692. The first-order valence-electron chi connectivity index (χ1n) is 6.44. The van der Waals surface area contributed by atoms with E-state index in [-0.39, 0.29) is 5.97 Å². The van der Waals surface area contributed by atoms with Crippen LogP contribution >= 0.6 is 11.6 Å². The SMILES string of the molecule is CCOC(=O)/C=C/c1cc(C)nc2c(C)c(Cl)ccc12. The summed E-state index contributed by atoms with van der Waals surface area (Å²) in [4.78, 5) is 15.9. The molecule has 0 spiro atoms. The number of ether oxygens (including phenoxy) is 1. The van der Waals surface area contributed by atoms with Gasteiger partial charge >= 0.3 is 5.97 Å². The van der Waals surface area contributed by atoms with E-state index >= 15 is 0 Å². The van der Waals surface area contributed by atoms with Gasteiger partial charge in [-0.05, 0) is 50.1 Å². The van der Waals surface area contributed by atoms with E-state index in [1.165, 1.54) is 6.08 Å². The Morgan fingerprint density at radius 2 is 2.15 bits per heavy atom. The molecular weight excluding hydrogens is 274 g/mol. The van der Waals surface area contributed by atoms with E-state index in [0.717, 1.165) is 27.7 Å². The zero-order valence-electron chi connectivity index (χ0n) is 11.7. The average molecular weight is 290 g/mol. The normalized spacial score (nSPS) is 11.2. The third-order valence-corrected chi connectivity index (χ3v) is 3.42. The number of hydrogen-bond acceptors (Lipinski definition) is 3. The van der Waals surface area contributed by atoms with Crippen LogP contribution in [0.25, 0.3) is 17.0 Å². The Morgan fingerprint density at radius 1 is 1.40 bits per heavy atom. The van der Waals surface area contributed by atoms with Crippen LogP contribution in [-0.4, -0.2) is 17.6 Å². The van der Waals surface area contributed by atoms with Crippen molar-refractivity contribution in [1.29, 1.82) is 0 Å². The molecule has 1 heterocycles. The predicted octanol–water partition coefficient (Wildman–Crippen LogP) is 4.08. The number of hydrogen-bond donors (Lipinski definition) is 0. The zero-order chi connectivity index (χ0) is 14.7. The summed E-state index contributed by atoms with van der Waals surface area (Å²) in [7, 11) is 0. The first-order valence-corrected chi connectivity index (χ1v) is 6.82. The van der Waals surface area contributed by atoms with Gasteiger partial charge in [0.2, 0.25) is 0 Å². The maximum atomic E-state index is 11.4. The number of carbonyl (C=O) groups is 1. The first kappa shape index (κ1) is 14.5. The van der Waals surface area contributed by atoms with Gasteiger partial charge in [-0.2, -0.15) is 0 Å². The highest BCUT2D eigenvalue weighted by Gasteiger charge is 2.07. The lowest BCUT2D eigenvalue weighted by Crippen LogP contribution is -1.99. The summed E-state index contributed by atoms with van der Waals surface area (Å²) in [5, 5.41) is 1.66. The van der Waals surface area contributed by atoms with Crippen LogP contribution in [0.5, 0.6) is 0 Å². The molecule has 0 saturated carbocycles. The summed E-state index contributed by atoms with van der Waals surface area (Å²) in [6, 6.07) is 5.70. The largest absolute Gasteiger partial charge is 0.463 e. The molecule has 0 aliphatic rings. The van der Waals surface area contributed by atoms with Crippen LogP contribution in [0.3, 0.4) is 0 Å². The van der Waals surface area contributed by atoms with Crippen molar-refractivity contribution in [3.8, 4) is 0 Å². The Labute approximate surface area is 123 Å². The van der Waals surface area contributed by atoms with Crippen molar-refractivity contribution in [2.75, 3.05) is 6.61 Å². The number of aryl methyl sites for hydroxylation is 2. The van der Waals surface area contributed by atoms with Crippen LogP contribution in [0.1, 0.15) is 23.7 Å². The van der Waals surface area contributed by atoms with E-state index in [0.29, 0.717) is 11.6 Å². The third-order valence-electron chi connectivity index (χ3n) is 3.01. The van der Waals surface area contributed by atoms with E-state index in [2.05, 4.69) is 4.98 Å². The van der Waals surface area contributed by atoms with Crippen molar-refractivity contribution < 1.29 is 9.53 Å². The summed E-state index contributed by atoms with van der Waals surface area (Å²) < 4.78 is 4.89. The number of carbonyl (C=O) groups excluding carboxylic acids is 1. The van der Waals surface area contributed by atoms with Crippen molar-refractivity contribution in [2.45, 2.75) is 20.8 Å². The van der Waals surface area contributed by atoms with E-state index in [1.54, 1.807) is 13.0 Å². The van der Waals surface area contributed by atoms with Gasteiger partial charge in [0.1, 0.15) is 0 Å². The maximum absolute atomic E-state index is 11.4. The molecule has 104 valence electrons. The van der Waals surface area contributed by atoms with Gasteiger partial charge in [-0.1, -0.05) is 17.7 Å². The van der Waals surface area contributed by atoms with Crippen molar-refractivity contribution in [1.82, 2.24) is 4.98 Å². The molecule has 0 saturated heterocycles. The van der Waals surface area contributed by atoms with Gasteiger partial charge < -0.3 is 4.74 Å². The molecule has 1 aromatic heterocycles. The minimum absolute atomic E-state index is 0.346. The van der Waals surface area contributed by atoms with Crippen LogP contribution in [0.2, 0.25) is 5.02 Å². The Hall–Kier alpha value is -1.87. The number of halogens is 1. The van der Waals surface area contributed by atoms with Crippen LogP contribution in [-0.2, 0) is 9.53 Å². The first-order chi connectivity index (χ1) is 9.52. The average Bonchev–Trinajstić information content (AvgIpc) is 2.41. The van der Waals surface area contributed by atoms with Gasteiger partial charge in [-0.25, -0.2) is 4.79 Å². The Kier molecular flexibility index (Phi) is 4.40. The van der Waals surface area contributed by atoms with Gasteiger partial charge in [-0.3, -0.25) is 4.98 Å². The lowest BCUT2D eigenvalue weighted by molar-refractivity contribution is -0.137. The second-order valence-electron chi connectivity index (χ2n) is 4.51. The fourth-order valence-electron chi connectivity index (χ4n) is 2.05. The molecule has 0 bridgehead atoms. The highest BCUT2D eigenvalue weighted by atomic mass is 35.5. The number of rotatable bonds is 3. The second kappa shape index (κ2) is 6.06. The van der Waals surface area contributed by atoms with Crippen LogP contribution in [0.4, 0.5) is 0 Å². The number of nitrogens with zero attached hydrogens (tertiary/aromatic N) is 1. The molecular formula is C16H16ClNO2. The number of pyridine rings is 1. The quantitative estimate of drug-likeness (QED) is 0.631. The van der Waals surface area contributed by atoms with E-state index in [1.807, 2.05) is 32.0 Å². The lowest BCUT2D eigenvalue weighted by Gasteiger charge is -2.08.